The van der Waals surface area contributed by atoms with E-state index in [9.17, 15) is 18.0 Å². The monoisotopic (exact) mass is 427 g/mol. The molecule has 6 nitrogen and oxygen atoms in total. The zero-order valence-electron chi connectivity index (χ0n) is 16.8. The number of hydrogen-bond donors (Lipinski definition) is 0. The zero-order chi connectivity index (χ0) is 21.8. The van der Waals surface area contributed by atoms with Crippen LogP contribution in [0.25, 0.3) is 11.2 Å². The Morgan fingerprint density at radius 1 is 1.19 bits per heavy atom. The van der Waals surface area contributed by atoms with Crippen molar-refractivity contribution in [2.45, 2.75) is 31.4 Å². The first kappa shape index (κ1) is 19.7. The van der Waals surface area contributed by atoms with Crippen molar-refractivity contribution in [3.05, 3.63) is 76.6 Å². The third-order valence-corrected chi connectivity index (χ3v) is 6.16. The molecule has 1 aliphatic carbocycles. The second-order valence-corrected chi connectivity index (χ2v) is 8.02. The lowest BCUT2D eigenvalue weighted by Crippen LogP contribution is -2.29. The van der Waals surface area contributed by atoms with Crippen molar-refractivity contribution < 1.29 is 17.7 Å². The van der Waals surface area contributed by atoms with Gasteiger partial charge in [0.25, 0.3) is 0 Å². The summed E-state index contributed by atoms with van der Waals surface area (Å²) < 4.78 is 44.5. The minimum absolute atomic E-state index is 0.0136. The summed E-state index contributed by atoms with van der Waals surface area (Å²) in [5.74, 6) is 0.430. The van der Waals surface area contributed by atoms with Crippen LogP contribution in [0.2, 0.25) is 0 Å². The van der Waals surface area contributed by atoms with Gasteiger partial charge in [-0.1, -0.05) is 18.6 Å². The lowest BCUT2D eigenvalue weighted by molar-refractivity contribution is -0.480. The Bertz CT molecular complexity index is 1270. The molecule has 2 aliphatic rings. The smallest absolute Gasteiger partial charge is 0.267 e. The predicted molar refractivity (Wildman–Crippen MR) is 108 cm³/mol. The fourth-order valence-electron chi connectivity index (χ4n) is 4.38. The van der Waals surface area contributed by atoms with Gasteiger partial charge in [-0.2, -0.15) is 13.2 Å². The molecule has 9 heteroatoms. The number of halogens is 3. The number of hydrogen-bond acceptors (Lipinski definition) is 3. The topological polar surface area (TPSA) is 54.1 Å². The van der Waals surface area contributed by atoms with Gasteiger partial charge in [0.05, 0.1) is 34.8 Å². The summed E-state index contributed by atoms with van der Waals surface area (Å²) in [6, 6.07) is 9.61. The van der Waals surface area contributed by atoms with Gasteiger partial charge < -0.3 is 0 Å². The van der Waals surface area contributed by atoms with Crippen LogP contribution in [0.5, 0.6) is 0 Å². The molecule has 159 valence electrons. The molecule has 0 N–H and O–H groups in total. The highest BCUT2D eigenvalue weighted by atomic mass is 19.4. The van der Waals surface area contributed by atoms with E-state index in [-0.39, 0.29) is 11.4 Å². The summed E-state index contributed by atoms with van der Waals surface area (Å²) in [6.07, 6.45) is 3.87. The number of aromatic nitrogens is 2. The minimum atomic E-state index is -4.55. The molecule has 3 aromatic rings. The van der Waals surface area contributed by atoms with E-state index in [4.69, 9.17) is 0 Å². The molecule has 1 saturated carbocycles. The van der Waals surface area contributed by atoms with Gasteiger partial charge in [0, 0.05) is 12.4 Å². The van der Waals surface area contributed by atoms with Crippen LogP contribution in [0.15, 0.2) is 63.8 Å². The van der Waals surface area contributed by atoms with Gasteiger partial charge in [0.1, 0.15) is 0 Å². The molecule has 2 aromatic heterocycles. The van der Waals surface area contributed by atoms with Gasteiger partial charge in [-0.15, -0.1) is 0 Å². The summed E-state index contributed by atoms with van der Waals surface area (Å²) in [7, 11) is 1.90. The Labute approximate surface area is 176 Å². The fourth-order valence-corrected chi connectivity index (χ4v) is 4.38. The van der Waals surface area contributed by atoms with Crippen molar-refractivity contribution in [2.75, 3.05) is 7.05 Å². The Hall–Kier alpha value is -3.23. The number of alkyl halides is 3. The van der Waals surface area contributed by atoms with Crippen LogP contribution < -0.4 is 5.69 Å². The molecule has 1 fully saturated rings. The Balaban J connectivity index is 1.61. The van der Waals surface area contributed by atoms with E-state index in [2.05, 4.69) is 10.2 Å². The summed E-state index contributed by atoms with van der Waals surface area (Å²) in [6.45, 7) is 0. The standard InChI is InChI=1S/C22H20F3N5O/c1-28-13-26-27-20(28)19(14-5-2-6-14)15-7-3-8-16(11-15)30-12-18-17(22(23,24)25)9-4-10-29(18)21(30)31/h3-4,7-14,19H,2,5-6H2,1H3/q+1/t19-/m0/s1. The average Bonchev–Trinajstić information content (AvgIpc) is 3.27. The van der Waals surface area contributed by atoms with Gasteiger partial charge in [-0.25, -0.2) is 9.37 Å². The van der Waals surface area contributed by atoms with E-state index < -0.39 is 17.4 Å². The van der Waals surface area contributed by atoms with Crippen LogP contribution in [-0.4, -0.2) is 26.9 Å². The molecule has 1 atom stereocenters. The first-order valence-corrected chi connectivity index (χ1v) is 10.1. The Morgan fingerprint density at radius 2 is 2.00 bits per heavy atom. The van der Waals surface area contributed by atoms with E-state index in [0.717, 1.165) is 41.5 Å². The second-order valence-electron chi connectivity index (χ2n) is 8.02. The molecular weight excluding hydrogens is 407 g/mol. The molecule has 0 unspecified atom stereocenters. The van der Waals surface area contributed by atoms with E-state index in [1.54, 1.807) is 12.4 Å². The average molecular weight is 427 g/mol. The molecule has 0 bridgehead atoms. The maximum Gasteiger partial charge on any atom is 0.418 e. The Morgan fingerprint density at radius 3 is 2.65 bits per heavy atom. The maximum atomic E-state index is 13.4. The number of azo groups is 1. The van der Waals surface area contributed by atoms with Gasteiger partial charge >= 0.3 is 24.4 Å². The van der Waals surface area contributed by atoms with Crippen molar-refractivity contribution in [3.63, 3.8) is 0 Å². The van der Waals surface area contributed by atoms with Crippen molar-refractivity contribution in [3.8, 4) is 5.69 Å². The highest BCUT2D eigenvalue weighted by Crippen LogP contribution is 2.46. The van der Waals surface area contributed by atoms with Crippen LogP contribution in [0.4, 0.5) is 13.2 Å². The van der Waals surface area contributed by atoms with Crippen LogP contribution in [0, 0.1) is 12.1 Å². The summed E-state index contributed by atoms with van der Waals surface area (Å²) >= 11 is 0. The van der Waals surface area contributed by atoms with Crippen molar-refractivity contribution in [1.29, 1.82) is 0 Å². The SMILES string of the molecule is C[N+]1=CN=N[C]1[C@H](c1cccc(-n2cc3c(C(F)(F)F)cccn3c2=O)c1)C1CCC1. The Kier molecular flexibility index (Phi) is 4.56. The molecule has 1 aliphatic heterocycles. The highest BCUT2D eigenvalue weighted by molar-refractivity contribution is 5.57. The molecule has 31 heavy (non-hydrogen) atoms. The van der Waals surface area contributed by atoms with Crippen molar-refractivity contribution >= 4 is 11.9 Å². The molecule has 0 spiro atoms. The quantitative estimate of drug-likeness (QED) is 0.561. The number of nitrogens with zero attached hydrogens (tertiary/aromatic N) is 5. The molecule has 0 saturated heterocycles. The van der Waals surface area contributed by atoms with E-state index >= 15 is 0 Å². The van der Waals surface area contributed by atoms with Crippen LogP contribution in [-0.2, 0) is 6.18 Å². The van der Waals surface area contributed by atoms with Crippen LogP contribution in [0.3, 0.4) is 0 Å². The molecule has 0 amide bonds. The van der Waals surface area contributed by atoms with E-state index in [0.29, 0.717) is 11.6 Å². The molecule has 1 radical (unpaired) electrons. The minimum Gasteiger partial charge on any atom is -0.267 e. The lowest BCUT2D eigenvalue weighted by Gasteiger charge is -2.34. The van der Waals surface area contributed by atoms with Crippen LogP contribution in [0.1, 0.15) is 36.3 Å². The second kappa shape index (κ2) is 7.18. The normalized spacial score (nSPS) is 18.4. The number of rotatable bonds is 4. The van der Waals surface area contributed by atoms with Crippen molar-refractivity contribution in [2.24, 2.45) is 16.1 Å². The van der Waals surface area contributed by atoms with Gasteiger partial charge in [0.2, 0.25) is 0 Å². The van der Waals surface area contributed by atoms with E-state index in [1.807, 2.05) is 29.8 Å². The predicted octanol–water partition coefficient (Wildman–Crippen LogP) is 4.62. The van der Waals surface area contributed by atoms with Crippen molar-refractivity contribution in [1.82, 2.24) is 8.97 Å². The van der Waals surface area contributed by atoms with Crippen LogP contribution >= 0.6 is 0 Å². The van der Waals surface area contributed by atoms with Gasteiger partial charge in [0.15, 0.2) is 0 Å². The zero-order valence-corrected chi connectivity index (χ0v) is 16.8. The largest absolute Gasteiger partial charge is 0.418 e. The number of pyridine rings is 1. The third kappa shape index (κ3) is 3.28. The van der Waals surface area contributed by atoms with Gasteiger partial charge in [-0.05, 0) is 53.7 Å². The molecular formula is C22H20F3N5O+. The first-order chi connectivity index (χ1) is 14.8. The molecule has 5 rings (SSSR count). The fraction of sp³-hybridized carbons (Fsp3) is 0.318. The summed E-state index contributed by atoms with van der Waals surface area (Å²) in [5, 5.41) is 8.32. The number of fused-ring (bicyclic) bond motifs is 1. The summed E-state index contributed by atoms with van der Waals surface area (Å²) in [5.41, 5.74) is -0.0675. The lowest BCUT2D eigenvalue weighted by atomic mass is 9.71. The highest BCUT2D eigenvalue weighted by Gasteiger charge is 2.42. The molecule has 3 heterocycles. The van der Waals surface area contributed by atoms with Gasteiger partial charge in [-0.3, -0.25) is 8.97 Å². The van der Waals surface area contributed by atoms with E-state index in [1.165, 1.54) is 23.0 Å². The maximum absolute atomic E-state index is 13.4. The third-order valence-electron chi connectivity index (χ3n) is 6.16. The summed E-state index contributed by atoms with van der Waals surface area (Å²) in [4.78, 5) is 12.9. The first-order valence-electron chi connectivity index (χ1n) is 10.1. The number of likely N-dealkylation sites (N-methyl/N-ethyl adjacent to an activating group) is 1. The number of imidazole rings is 1. The molecule has 1 aromatic carbocycles. The number of benzene rings is 1.